The summed E-state index contributed by atoms with van der Waals surface area (Å²) < 4.78 is 28.4. The van der Waals surface area contributed by atoms with Gasteiger partial charge in [0.05, 0.1) is 31.8 Å². The van der Waals surface area contributed by atoms with Gasteiger partial charge in [0.15, 0.2) is 23.2 Å². The molecule has 0 radical (unpaired) electrons. The van der Waals surface area contributed by atoms with Gasteiger partial charge in [-0.3, -0.25) is 4.79 Å². The van der Waals surface area contributed by atoms with E-state index in [1.807, 2.05) is 13.8 Å². The standard InChI is InChI=1S/C23H35ClN2O8/c1-6-7-10-32-17-12-31-11-15(22(29)34-14(2)20(17)33-13-23(3,4)24)26-21(28)18-19(27)16(30-5)8-9-25-18/h8-9,14-15,17,20,27H,6-7,10-13H2,1-5H3,(H,26,28)/t14-,15-,17-,20-/m0/s1. The number of hydrogen-bond acceptors (Lipinski definition) is 9. The SMILES string of the molecule is CCCCO[C@H]1COC[C@H](NC(=O)c2nccc(OC)c2O)C(=O)O[C@@H](C)[C@@H]1OCC(C)(C)Cl. The fourth-order valence-electron chi connectivity index (χ4n) is 3.25. The molecular weight excluding hydrogens is 468 g/mol. The molecule has 10 nitrogen and oxygen atoms in total. The molecule has 2 rings (SSSR count). The monoisotopic (exact) mass is 502 g/mol. The van der Waals surface area contributed by atoms with Gasteiger partial charge in [0.25, 0.3) is 5.91 Å². The van der Waals surface area contributed by atoms with Crippen LogP contribution in [0.1, 0.15) is 51.0 Å². The minimum atomic E-state index is -1.14. The van der Waals surface area contributed by atoms with Crippen molar-refractivity contribution in [2.75, 3.05) is 33.5 Å². The number of aromatic hydroxyl groups is 1. The van der Waals surface area contributed by atoms with Crippen LogP contribution in [0.25, 0.3) is 0 Å². The number of carbonyl (C=O) groups is 2. The number of halogens is 1. The predicted molar refractivity (Wildman–Crippen MR) is 124 cm³/mol. The number of cyclic esters (lactones) is 1. The van der Waals surface area contributed by atoms with Crippen LogP contribution in [0.5, 0.6) is 11.5 Å². The molecule has 0 unspecified atom stereocenters. The molecule has 2 N–H and O–H groups in total. The summed E-state index contributed by atoms with van der Waals surface area (Å²) in [5.74, 6) is -1.84. The van der Waals surface area contributed by atoms with E-state index in [0.717, 1.165) is 12.8 Å². The fourth-order valence-corrected chi connectivity index (χ4v) is 3.32. The van der Waals surface area contributed by atoms with E-state index < -0.39 is 46.9 Å². The first-order valence-electron chi connectivity index (χ1n) is 11.3. The molecule has 1 fully saturated rings. The third-order valence-electron chi connectivity index (χ3n) is 5.06. The van der Waals surface area contributed by atoms with Crippen LogP contribution in [0.3, 0.4) is 0 Å². The lowest BCUT2D eigenvalue weighted by molar-refractivity contribution is -0.168. The van der Waals surface area contributed by atoms with E-state index in [1.54, 1.807) is 6.92 Å². The number of aromatic nitrogens is 1. The summed E-state index contributed by atoms with van der Waals surface area (Å²) in [6.45, 7) is 8.04. The summed E-state index contributed by atoms with van der Waals surface area (Å²) in [6.07, 6.45) is 1.28. The minimum absolute atomic E-state index is 0.0799. The number of methoxy groups -OCH3 is 1. The zero-order chi connectivity index (χ0) is 25.3. The lowest BCUT2D eigenvalue weighted by atomic mass is 10.1. The molecule has 1 amide bonds. The zero-order valence-electron chi connectivity index (χ0n) is 20.3. The highest BCUT2D eigenvalue weighted by Gasteiger charge is 2.37. The number of rotatable bonds is 10. The third-order valence-corrected chi connectivity index (χ3v) is 5.17. The summed E-state index contributed by atoms with van der Waals surface area (Å²) >= 11 is 6.29. The minimum Gasteiger partial charge on any atom is -0.503 e. The van der Waals surface area contributed by atoms with Crippen LogP contribution in [0.2, 0.25) is 0 Å². The van der Waals surface area contributed by atoms with Gasteiger partial charge in [0, 0.05) is 18.9 Å². The Morgan fingerprint density at radius 3 is 2.74 bits per heavy atom. The highest BCUT2D eigenvalue weighted by molar-refractivity contribution is 6.23. The van der Waals surface area contributed by atoms with Crippen LogP contribution < -0.4 is 10.1 Å². The number of esters is 1. The van der Waals surface area contributed by atoms with E-state index in [-0.39, 0.29) is 31.3 Å². The molecule has 192 valence electrons. The van der Waals surface area contributed by atoms with Gasteiger partial charge in [-0.05, 0) is 27.2 Å². The molecule has 1 aliphatic heterocycles. The maximum atomic E-state index is 12.9. The Morgan fingerprint density at radius 2 is 2.09 bits per heavy atom. The Bertz CT molecular complexity index is 817. The first kappa shape index (κ1) is 28.1. The van der Waals surface area contributed by atoms with Crippen molar-refractivity contribution in [3.63, 3.8) is 0 Å². The van der Waals surface area contributed by atoms with Gasteiger partial charge in [-0.15, -0.1) is 11.6 Å². The molecule has 0 spiro atoms. The van der Waals surface area contributed by atoms with Crippen molar-refractivity contribution in [2.45, 2.75) is 69.8 Å². The summed E-state index contributed by atoms with van der Waals surface area (Å²) in [5, 5.41) is 12.7. The lowest BCUT2D eigenvalue weighted by Crippen LogP contribution is -2.47. The van der Waals surface area contributed by atoms with Gasteiger partial charge in [-0.1, -0.05) is 13.3 Å². The molecule has 11 heteroatoms. The van der Waals surface area contributed by atoms with E-state index in [9.17, 15) is 14.7 Å². The van der Waals surface area contributed by atoms with Crippen molar-refractivity contribution >= 4 is 23.5 Å². The average Bonchev–Trinajstić information content (AvgIpc) is 2.81. The van der Waals surface area contributed by atoms with E-state index in [4.69, 9.17) is 35.3 Å². The number of pyridine rings is 1. The van der Waals surface area contributed by atoms with E-state index in [2.05, 4.69) is 17.2 Å². The van der Waals surface area contributed by atoms with Crippen molar-refractivity contribution in [1.29, 1.82) is 0 Å². The van der Waals surface area contributed by atoms with Gasteiger partial charge in [0.2, 0.25) is 0 Å². The molecule has 0 saturated carbocycles. The predicted octanol–water partition coefficient (Wildman–Crippen LogP) is 2.44. The Morgan fingerprint density at radius 1 is 1.35 bits per heavy atom. The van der Waals surface area contributed by atoms with Crippen molar-refractivity contribution in [3.05, 3.63) is 18.0 Å². The number of hydrogen-bond donors (Lipinski definition) is 2. The first-order chi connectivity index (χ1) is 16.1. The Hall–Kier alpha value is -2.14. The summed E-state index contributed by atoms with van der Waals surface area (Å²) in [7, 11) is 1.35. The summed E-state index contributed by atoms with van der Waals surface area (Å²) in [5.41, 5.74) is -0.286. The lowest BCUT2D eigenvalue weighted by Gasteiger charge is -2.32. The molecule has 1 aliphatic rings. The Balaban J connectivity index is 2.17. The molecule has 1 aromatic rings. The largest absolute Gasteiger partial charge is 0.503 e. The van der Waals surface area contributed by atoms with Crippen LogP contribution in [-0.2, 0) is 23.7 Å². The smallest absolute Gasteiger partial charge is 0.331 e. The third kappa shape index (κ3) is 8.26. The van der Waals surface area contributed by atoms with Crippen LogP contribution in [0, 0.1) is 0 Å². The second kappa shape index (κ2) is 13.1. The number of amides is 1. The number of alkyl halides is 1. The van der Waals surface area contributed by atoms with Crippen LogP contribution in [0.15, 0.2) is 12.3 Å². The second-order valence-corrected chi connectivity index (χ2v) is 9.70. The van der Waals surface area contributed by atoms with Crippen LogP contribution in [0.4, 0.5) is 0 Å². The number of nitrogens with zero attached hydrogens (tertiary/aromatic N) is 1. The topological polar surface area (TPSA) is 125 Å². The van der Waals surface area contributed by atoms with E-state index in [1.165, 1.54) is 19.4 Å². The van der Waals surface area contributed by atoms with Gasteiger partial charge in [-0.25, -0.2) is 9.78 Å². The maximum Gasteiger partial charge on any atom is 0.331 e. The highest BCUT2D eigenvalue weighted by atomic mass is 35.5. The van der Waals surface area contributed by atoms with Crippen molar-refractivity contribution in [3.8, 4) is 11.5 Å². The normalized spacial score (nSPS) is 23.9. The molecule has 0 aromatic carbocycles. The highest BCUT2D eigenvalue weighted by Crippen LogP contribution is 2.27. The Kier molecular flexibility index (Phi) is 10.8. The van der Waals surface area contributed by atoms with Crippen molar-refractivity contribution < 1.29 is 38.4 Å². The number of nitrogens with one attached hydrogen (secondary N) is 1. The fraction of sp³-hybridized carbons (Fsp3) is 0.696. The second-order valence-electron chi connectivity index (χ2n) is 8.67. The molecule has 4 atom stereocenters. The number of unbranched alkanes of at least 4 members (excludes halogenated alkanes) is 1. The molecule has 0 bridgehead atoms. The molecule has 1 saturated heterocycles. The first-order valence-corrected chi connectivity index (χ1v) is 11.7. The van der Waals surface area contributed by atoms with Gasteiger partial charge < -0.3 is 34.1 Å². The summed E-state index contributed by atoms with van der Waals surface area (Å²) in [4.78, 5) is 28.8. The van der Waals surface area contributed by atoms with Gasteiger partial charge in [0.1, 0.15) is 18.3 Å². The van der Waals surface area contributed by atoms with Gasteiger partial charge >= 0.3 is 5.97 Å². The Labute approximate surface area is 205 Å². The van der Waals surface area contributed by atoms with E-state index >= 15 is 0 Å². The van der Waals surface area contributed by atoms with Crippen LogP contribution >= 0.6 is 11.6 Å². The van der Waals surface area contributed by atoms with E-state index in [0.29, 0.717) is 6.61 Å². The number of ether oxygens (including phenoxy) is 5. The van der Waals surface area contributed by atoms with Gasteiger partial charge in [-0.2, -0.15) is 0 Å². The quantitative estimate of drug-likeness (QED) is 0.282. The summed E-state index contributed by atoms with van der Waals surface area (Å²) in [6, 6.07) is 0.272. The average molecular weight is 503 g/mol. The molecule has 34 heavy (non-hydrogen) atoms. The maximum absolute atomic E-state index is 12.9. The zero-order valence-corrected chi connectivity index (χ0v) is 21.1. The van der Waals surface area contributed by atoms with Crippen molar-refractivity contribution in [1.82, 2.24) is 10.3 Å². The number of carbonyl (C=O) groups excluding carboxylic acids is 2. The molecule has 0 aliphatic carbocycles. The molecule has 1 aromatic heterocycles. The van der Waals surface area contributed by atoms with Crippen LogP contribution in [-0.4, -0.2) is 84.7 Å². The van der Waals surface area contributed by atoms with Crippen molar-refractivity contribution in [2.24, 2.45) is 0 Å². The molecule has 2 heterocycles. The molecular formula is C23H35ClN2O8.